The molecule has 2 aromatic rings. The second kappa shape index (κ2) is 8.13. The van der Waals surface area contributed by atoms with Gasteiger partial charge in [-0.2, -0.15) is 4.31 Å². The van der Waals surface area contributed by atoms with Crippen molar-refractivity contribution in [3.8, 4) is 0 Å². The summed E-state index contributed by atoms with van der Waals surface area (Å²) in [5, 5.41) is 0.582. The molecule has 3 heterocycles. The summed E-state index contributed by atoms with van der Waals surface area (Å²) in [6.45, 7) is 1.88. The number of nitrogens with one attached hydrogen (secondary N) is 1. The smallest absolute Gasteiger partial charge is 0.245 e. The molecule has 0 aliphatic carbocycles. The van der Waals surface area contributed by atoms with Crippen LogP contribution in [0.3, 0.4) is 0 Å². The van der Waals surface area contributed by atoms with Crippen LogP contribution in [0.25, 0.3) is 11.0 Å². The molecule has 25 heavy (non-hydrogen) atoms. The van der Waals surface area contributed by atoms with E-state index < -0.39 is 10.0 Å². The highest BCUT2D eigenvalue weighted by Gasteiger charge is 2.31. The number of carbonyl (C=O) groups is 1. The van der Waals surface area contributed by atoms with Crippen LogP contribution in [0.4, 0.5) is 0 Å². The number of amides is 1. The third kappa shape index (κ3) is 3.95. The minimum atomic E-state index is -3.61. The fourth-order valence-corrected chi connectivity index (χ4v) is 4.45. The number of aromatic amines is 1. The summed E-state index contributed by atoms with van der Waals surface area (Å²) in [6, 6.07) is 3.45. The molecule has 3 N–H and O–H groups in total. The van der Waals surface area contributed by atoms with Crippen molar-refractivity contribution in [2.24, 2.45) is 5.73 Å². The van der Waals surface area contributed by atoms with Crippen molar-refractivity contribution in [1.82, 2.24) is 19.2 Å². The quantitative estimate of drug-likeness (QED) is 0.778. The molecule has 0 spiro atoms. The first-order chi connectivity index (χ1) is 11.5. The van der Waals surface area contributed by atoms with E-state index in [1.165, 1.54) is 10.5 Å². The van der Waals surface area contributed by atoms with Gasteiger partial charge in [0.2, 0.25) is 15.9 Å². The predicted molar refractivity (Wildman–Crippen MR) is 97.0 cm³/mol. The van der Waals surface area contributed by atoms with Crippen LogP contribution in [0.5, 0.6) is 0 Å². The molecular formula is C15H22ClN5O3S. The topological polar surface area (TPSA) is 112 Å². The maximum atomic E-state index is 12.9. The van der Waals surface area contributed by atoms with Crippen molar-refractivity contribution in [1.29, 1.82) is 0 Å². The van der Waals surface area contributed by atoms with Gasteiger partial charge < -0.3 is 15.6 Å². The number of rotatable bonds is 5. The number of hydrogen-bond donors (Lipinski definition) is 2. The molecule has 1 aliphatic heterocycles. The number of pyridine rings is 1. The standard InChI is InChI=1S/C15H21N5O3S.ClH/c16-5-1-4-14(21)19-7-9-20(10-8-19)24(22,23)13-11-18-15-12(13)3-2-6-17-15;/h2-3,6,11H,1,4-5,7-10,16H2,(H,17,18);1H. The summed E-state index contributed by atoms with van der Waals surface area (Å²) in [5.74, 6) is 0.0359. The van der Waals surface area contributed by atoms with E-state index in [1.54, 1.807) is 23.2 Å². The average molecular weight is 388 g/mol. The number of nitrogens with zero attached hydrogens (tertiary/aromatic N) is 3. The molecule has 0 saturated carbocycles. The van der Waals surface area contributed by atoms with E-state index in [0.717, 1.165) is 0 Å². The van der Waals surface area contributed by atoms with Crippen LogP contribution in [0.2, 0.25) is 0 Å². The molecule has 0 atom stereocenters. The van der Waals surface area contributed by atoms with Gasteiger partial charge in [0.15, 0.2) is 0 Å². The third-order valence-corrected chi connectivity index (χ3v) is 6.16. The highest BCUT2D eigenvalue weighted by Crippen LogP contribution is 2.25. The number of carbonyl (C=O) groups excluding carboxylic acids is 1. The zero-order valence-corrected chi connectivity index (χ0v) is 15.4. The number of piperazine rings is 1. The van der Waals surface area contributed by atoms with E-state index in [2.05, 4.69) is 9.97 Å². The Morgan fingerprint density at radius 2 is 2.00 bits per heavy atom. The molecule has 0 aromatic carbocycles. The Morgan fingerprint density at radius 1 is 1.28 bits per heavy atom. The Morgan fingerprint density at radius 3 is 2.68 bits per heavy atom. The van der Waals surface area contributed by atoms with Crippen molar-refractivity contribution >= 4 is 39.4 Å². The first kappa shape index (κ1) is 19.6. The van der Waals surface area contributed by atoms with Crippen LogP contribution in [-0.2, 0) is 14.8 Å². The Hall–Kier alpha value is -1.68. The Balaban J connectivity index is 0.00000225. The van der Waals surface area contributed by atoms with Crippen LogP contribution in [0.1, 0.15) is 12.8 Å². The van der Waals surface area contributed by atoms with Gasteiger partial charge in [0.25, 0.3) is 0 Å². The molecule has 0 unspecified atom stereocenters. The molecule has 1 fully saturated rings. The van der Waals surface area contributed by atoms with Gasteiger partial charge in [-0.25, -0.2) is 13.4 Å². The number of H-pyrrole nitrogens is 1. The number of aromatic nitrogens is 2. The molecule has 8 nitrogen and oxygen atoms in total. The zero-order chi connectivity index (χ0) is 17.2. The van der Waals surface area contributed by atoms with Gasteiger partial charge in [0.1, 0.15) is 10.5 Å². The van der Waals surface area contributed by atoms with Crippen LogP contribution in [-0.4, -0.2) is 66.2 Å². The second-order valence-electron chi connectivity index (χ2n) is 5.73. The molecule has 138 valence electrons. The van der Waals surface area contributed by atoms with Gasteiger partial charge in [0, 0.05) is 50.4 Å². The summed E-state index contributed by atoms with van der Waals surface area (Å²) >= 11 is 0. The van der Waals surface area contributed by atoms with E-state index in [1.807, 2.05) is 0 Å². The lowest BCUT2D eigenvalue weighted by atomic mass is 10.2. The van der Waals surface area contributed by atoms with Gasteiger partial charge in [-0.3, -0.25) is 4.79 Å². The molecule has 3 rings (SSSR count). The molecule has 1 amide bonds. The van der Waals surface area contributed by atoms with Crippen LogP contribution < -0.4 is 5.73 Å². The van der Waals surface area contributed by atoms with E-state index in [9.17, 15) is 13.2 Å². The van der Waals surface area contributed by atoms with Gasteiger partial charge in [-0.05, 0) is 25.1 Å². The fraction of sp³-hybridized carbons (Fsp3) is 0.467. The molecular weight excluding hydrogens is 366 g/mol. The molecule has 10 heteroatoms. The van der Waals surface area contributed by atoms with Gasteiger partial charge in [-0.15, -0.1) is 12.4 Å². The first-order valence-electron chi connectivity index (χ1n) is 7.94. The molecule has 2 aromatic heterocycles. The van der Waals surface area contributed by atoms with Crippen LogP contribution in [0.15, 0.2) is 29.4 Å². The second-order valence-corrected chi connectivity index (χ2v) is 7.64. The normalized spacial score (nSPS) is 16.0. The number of halogens is 1. The number of hydrogen-bond acceptors (Lipinski definition) is 5. The minimum absolute atomic E-state index is 0. The maximum Gasteiger partial charge on any atom is 0.245 e. The van der Waals surface area contributed by atoms with Crippen molar-refractivity contribution in [3.63, 3.8) is 0 Å². The largest absolute Gasteiger partial charge is 0.345 e. The maximum absolute atomic E-state index is 12.9. The van der Waals surface area contributed by atoms with E-state index >= 15 is 0 Å². The lowest BCUT2D eigenvalue weighted by Crippen LogP contribution is -2.50. The summed E-state index contributed by atoms with van der Waals surface area (Å²) in [4.78, 5) is 21.0. The highest BCUT2D eigenvalue weighted by atomic mass is 35.5. The number of nitrogens with two attached hydrogens (primary N) is 1. The summed E-state index contributed by atoms with van der Waals surface area (Å²) in [6.07, 6.45) is 4.16. The first-order valence-corrected chi connectivity index (χ1v) is 9.38. The van der Waals surface area contributed by atoms with Crippen molar-refractivity contribution in [2.75, 3.05) is 32.7 Å². The number of fused-ring (bicyclic) bond motifs is 1. The Labute approximate surface area is 152 Å². The summed E-state index contributed by atoms with van der Waals surface area (Å²) in [7, 11) is -3.61. The minimum Gasteiger partial charge on any atom is -0.345 e. The number of sulfonamides is 1. The SMILES string of the molecule is Cl.NCCCC(=O)N1CCN(S(=O)(=O)c2c[nH]c3ncccc23)CC1. The average Bonchev–Trinajstić information content (AvgIpc) is 3.04. The molecule has 0 radical (unpaired) electrons. The van der Waals surface area contributed by atoms with E-state index in [-0.39, 0.29) is 23.2 Å². The summed E-state index contributed by atoms with van der Waals surface area (Å²) in [5.41, 5.74) is 5.97. The third-order valence-electron chi connectivity index (χ3n) is 4.22. The van der Waals surface area contributed by atoms with E-state index in [4.69, 9.17) is 5.73 Å². The van der Waals surface area contributed by atoms with Crippen molar-refractivity contribution in [2.45, 2.75) is 17.7 Å². The lowest BCUT2D eigenvalue weighted by Gasteiger charge is -2.34. The predicted octanol–water partition coefficient (Wildman–Crippen LogP) is 0.556. The Bertz CT molecular complexity index is 831. The van der Waals surface area contributed by atoms with Crippen LogP contribution in [0, 0.1) is 0 Å². The van der Waals surface area contributed by atoms with Crippen molar-refractivity contribution < 1.29 is 13.2 Å². The van der Waals surface area contributed by atoms with Crippen LogP contribution >= 0.6 is 12.4 Å². The Kier molecular flexibility index (Phi) is 6.39. The summed E-state index contributed by atoms with van der Waals surface area (Å²) < 4.78 is 27.2. The van der Waals surface area contributed by atoms with Gasteiger partial charge in [0.05, 0.1) is 0 Å². The fourth-order valence-electron chi connectivity index (χ4n) is 2.87. The van der Waals surface area contributed by atoms with Gasteiger partial charge >= 0.3 is 0 Å². The zero-order valence-electron chi connectivity index (χ0n) is 13.7. The molecule has 1 aliphatic rings. The van der Waals surface area contributed by atoms with E-state index in [0.29, 0.717) is 56.6 Å². The highest BCUT2D eigenvalue weighted by molar-refractivity contribution is 7.89. The molecule has 0 bridgehead atoms. The monoisotopic (exact) mass is 387 g/mol. The van der Waals surface area contributed by atoms with Gasteiger partial charge in [-0.1, -0.05) is 0 Å². The lowest BCUT2D eigenvalue weighted by molar-refractivity contribution is -0.132. The van der Waals surface area contributed by atoms with Crippen molar-refractivity contribution in [3.05, 3.63) is 24.5 Å². The molecule has 1 saturated heterocycles.